The van der Waals surface area contributed by atoms with Gasteiger partial charge in [0.25, 0.3) is 11.8 Å². The number of carbonyl (C=O) groups is 2. The van der Waals surface area contributed by atoms with Crippen LogP contribution in [-0.4, -0.2) is 26.3 Å². The van der Waals surface area contributed by atoms with E-state index in [4.69, 9.17) is 0 Å². The highest BCUT2D eigenvalue weighted by Gasteiger charge is 2.13. The second-order valence-electron chi connectivity index (χ2n) is 5.82. The second kappa shape index (κ2) is 6.80. The molecule has 4 rings (SSSR count). The third-order valence-corrected chi connectivity index (χ3v) is 4.03. The van der Waals surface area contributed by atoms with Crippen molar-refractivity contribution in [3.8, 4) is 0 Å². The molecular weight excluding hydrogens is 347 g/mol. The third-order valence-electron chi connectivity index (χ3n) is 4.03. The van der Waals surface area contributed by atoms with Gasteiger partial charge in [0, 0.05) is 35.2 Å². The maximum Gasteiger partial charge on any atom is 0.275 e. The van der Waals surface area contributed by atoms with Crippen molar-refractivity contribution in [1.29, 1.82) is 0 Å². The molecule has 1 amide bonds. The maximum absolute atomic E-state index is 13.4. The minimum atomic E-state index is -0.466. The van der Waals surface area contributed by atoms with E-state index in [1.165, 1.54) is 41.4 Å². The molecule has 0 aliphatic carbocycles. The fourth-order valence-electron chi connectivity index (χ4n) is 2.77. The highest BCUT2D eigenvalue weighted by molar-refractivity contribution is 6.05. The summed E-state index contributed by atoms with van der Waals surface area (Å²) in [4.78, 5) is 32.6. The smallest absolute Gasteiger partial charge is 0.275 e. The highest BCUT2D eigenvalue weighted by atomic mass is 19.1. The Balaban J connectivity index is 1.62. The Morgan fingerprint density at radius 3 is 2.70 bits per heavy atom. The molecule has 0 bridgehead atoms. The number of halogens is 1. The van der Waals surface area contributed by atoms with Gasteiger partial charge in [-0.2, -0.15) is 0 Å². The number of benzene rings is 2. The van der Waals surface area contributed by atoms with E-state index in [2.05, 4.69) is 15.3 Å². The normalized spacial score (nSPS) is 10.7. The van der Waals surface area contributed by atoms with Gasteiger partial charge in [0.1, 0.15) is 11.5 Å². The molecule has 6 nitrogen and oxygen atoms in total. The highest BCUT2D eigenvalue weighted by Crippen LogP contribution is 2.22. The lowest BCUT2D eigenvalue weighted by molar-refractivity contribution is 0.0963. The Labute approximate surface area is 153 Å². The molecule has 2 heterocycles. The molecule has 0 atom stereocenters. The molecule has 27 heavy (non-hydrogen) atoms. The molecule has 0 saturated carbocycles. The lowest BCUT2D eigenvalue weighted by Gasteiger charge is -2.07. The number of anilines is 1. The monoisotopic (exact) mass is 360 g/mol. The first-order valence-corrected chi connectivity index (χ1v) is 8.10. The average molecular weight is 360 g/mol. The van der Waals surface area contributed by atoms with E-state index < -0.39 is 5.82 Å². The Morgan fingerprint density at radius 1 is 1.04 bits per heavy atom. The Hall–Kier alpha value is -3.87. The summed E-state index contributed by atoms with van der Waals surface area (Å²) in [6.07, 6.45) is 5.92. The van der Waals surface area contributed by atoms with Gasteiger partial charge in [-0.3, -0.25) is 19.1 Å². The molecular formula is C20H13FN4O2. The Bertz CT molecular complexity index is 1160. The van der Waals surface area contributed by atoms with E-state index in [9.17, 15) is 14.0 Å². The first-order valence-electron chi connectivity index (χ1n) is 8.10. The van der Waals surface area contributed by atoms with E-state index in [1.54, 1.807) is 36.5 Å². The first-order chi connectivity index (χ1) is 13.1. The van der Waals surface area contributed by atoms with Crippen LogP contribution in [0.15, 0.2) is 73.3 Å². The van der Waals surface area contributed by atoms with Gasteiger partial charge in [-0.15, -0.1) is 0 Å². The van der Waals surface area contributed by atoms with Crippen molar-refractivity contribution in [3.63, 3.8) is 0 Å². The van der Waals surface area contributed by atoms with Crippen molar-refractivity contribution in [2.75, 3.05) is 5.32 Å². The van der Waals surface area contributed by atoms with Crippen molar-refractivity contribution in [1.82, 2.24) is 14.5 Å². The SMILES string of the molecule is O=C(Nc1ccc2c(ccn2C(=O)c2cccc(F)c2)c1)c1cnccn1. The van der Waals surface area contributed by atoms with Gasteiger partial charge in [0.15, 0.2) is 0 Å². The minimum Gasteiger partial charge on any atom is -0.321 e. The topological polar surface area (TPSA) is 76.9 Å². The number of carbonyl (C=O) groups excluding carboxylic acids is 2. The number of hydrogen-bond donors (Lipinski definition) is 1. The largest absolute Gasteiger partial charge is 0.321 e. The van der Waals surface area contributed by atoms with Crippen LogP contribution in [-0.2, 0) is 0 Å². The van der Waals surface area contributed by atoms with E-state index in [1.807, 2.05) is 0 Å². The molecule has 7 heteroatoms. The van der Waals surface area contributed by atoms with Crippen molar-refractivity contribution in [2.45, 2.75) is 0 Å². The van der Waals surface area contributed by atoms with Crippen LogP contribution >= 0.6 is 0 Å². The van der Waals surface area contributed by atoms with Crippen LogP contribution in [0.25, 0.3) is 10.9 Å². The predicted octanol–water partition coefficient (Wildman–Crippen LogP) is 3.51. The fraction of sp³-hybridized carbons (Fsp3) is 0. The fourth-order valence-corrected chi connectivity index (χ4v) is 2.77. The molecule has 0 radical (unpaired) electrons. The number of rotatable bonds is 3. The Kier molecular flexibility index (Phi) is 4.18. The van der Waals surface area contributed by atoms with Crippen molar-refractivity contribution < 1.29 is 14.0 Å². The summed E-state index contributed by atoms with van der Waals surface area (Å²) < 4.78 is 14.8. The van der Waals surface area contributed by atoms with Gasteiger partial charge in [-0.25, -0.2) is 9.37 Å². The van der Waals surface area contributed by atoms with Gasteiger partial charge in [-0.1, -0.05) is 6.07 Å². The van der Waals surface area contributed by atoms with E-state index in [0.717, 1.165) is 5.39 Å². The van der Waals surface area contributed by atoms with Crippen LogP contribution in [0.3, 0.4) is 0 Å². The molecule has 0 saturated heterocycles. The van der Waals surface area contributed by atoms with Gasteiger partial charge in [0.05, 0.1) is 11.7 Å². The average Bonchev–Trinajstić information content (AvgIpc) is 3.11. The molecule has 0 unspecified atom stereocenters. The number of fused-ring (bicyclic) bond motifs is 1. The third kappa shape index (κ3) is 3.30. The van der Waals surface area contributed by atoms with Gasteiger partial charge < -0.3 is 5.32 Å². The summed E-state index contributed by atoms with van der Waals surface area (Å²) >= 11 is 0. The second-order valence-corrected chi connectivity index (χ2v) is 5.82. The number of nitrogens with one attached hydrogen (secondary N) is 1. The quantitative estimate of drug-likeness (QED) is 0.606. The molecule has 0 spiro atoms. The van der Waals surface area contributed by atoms with Gasteiger partial charge in [0.2, 0.25) is 0 Å². The van der Waals surface area contributed by atoms with Gasteiger partial charge >= 0.3 is 0 Å². The predicted molar refractivity (Wildman–Crippen MR) is 98.1 cm³/mol. The van der Waals surface area contributed by atoms with Crippen LogP contribution in [0.1, 0.15) is 20.8 Å². The van der Waals surface area contributed by atoms with Crippen molar-refractivity contribution in [3.05, 3.63) is 90.4 Å². The summed E-state index contributed by atoms with van der Waals surface area (Å²) in [5.41, 5.74) is 1.68. The summed E-state index contributed by atoms with van der Waals surface area (Å²) in [5.74, 6) is -1.18. The zero-order valence-electron chi connectivity index (χ0n) is 14.0. The summed E-state index contributed by atoms with van der Waals surface area (Å²) in [5, 5.41) is 3.50. The molecule has 0 aliphatic heterocycles. The number of aromatic nitrogens is 3. The zero-order chi connectivity index (χ0) is 18.8. The number of hydrogen-bond acceptors (Lipinski definition) is 4. The number of nitrogens with zero attached hydrogens (tertiary/aromatic N) is 3. The number of amides is 1. The van der Waals surface area contributed by atoms with Crippen molar-refractivity contribution >= 4 is 28.4 Å². The van der Waals surface area contributed by atoms with Crippen molar-refractivity contribution in [2.24, 2.45) is 0 Å². The Morgan fingerprint density at radius 2 is 1.93 bits per heavy atom. The lowest BCUT2D eigenvalue weighted by atomic mass is 10.2. The van der Waals surface area contributed by atoms with E-state index >= 15 is 0 Å². The van der Waals surface area contributed by atoms with Crippen LogP contribution in [0.2, 0.25) is 0 Å². The molecule has 0 aliphatic rings. The van der Waals surface area contributed by atoms with Crippen LogP contribution < -0.4 is 5.32 Å². The maximum atomic E-state index is 13.4. The summed E-state index contributed by atoms with van der Waals surface area (Å²) in [6, 6.07) is 12.5. The molecule has 0 fully saturated rings. The zero-order valence-corrected chi connectivity index (χ0v) is 14.0. The van der Waals surface area contributed by atoms with Gasteiger partial charge in [-0.05, 0) is 42.5 Å². The first kappa shape index (κ1) is 16.6. The van der Waals surface area contributed by atoms with E-state index in [-0.39, 0.29) is 23.1 Å². The lowest BCUT2D eigenvalue weighted by Crippen LogP contribution is -2.14. The van der Waals surface area contributed by atoms with Crippen LogP contribution in [0.4, 0.5) is 10.1 Å². The minimum absolute atomic E-state index is 0.205. The van der Waals surface area contributed by atoms with Crippen LogP contribution in [0.5, 0.6) is 0 Å². The van der Waals surface area contributed by atoms with E-state index in [0.29, 0.717) is 11.2 Å². The summed E-state index contributed by atoms with van der Waals surface area (Å²) in [6.45, 7) is 0. The molecule has 2 aromatic heterocycles. The molecule has 2 aromatic carbocycles. The molecule has 1 N–H and O–H groups in total. The summed E-state index contributed by atoms with van der Waals surface area (Å²) in [7, 11) is 0. The molecule has 4 aromatic rings. The van der Waals surface area contributed by atoms with Crippen LogP contribution in [0, 0.1) is 5.82 Å². The molecule has 132 valence electrons. The standard InChI is InChI=1S/C20H13FN4O2/c21-15-3-1-2-14(10-15)20(27)25-9-6-13-11-16(4-5-18(13)25)24-19(26)17-12-22-7-8-23-17/h1-12H,(H,24,26).